The van der Waals surface area contributed by atoms with E-state index in [-0.39, 0.29) is 0 Å². The summed E-state index contributed by atoms with van der Waals surface area (Å²) in [6.07, 6.45) is 0.971. The van der Waals surface area contributed by atoms with E-state index in [0.29, 0.717) is 5.25 Å². The first-order chi connectivity index (χ1) is 14.4. The Hall–Kier alpha value is -3.10. The highest BCUT2D eigenvalue weighted by Crippen LogP contribution is 2.52. The number of aromatic nitrogens is 1. The Morgan fingerprint density at radius 2 is 1.41 bits per heavy atom. The third-order valence-corrected chi connectivity index (χ3v) is 7.17. The van der Waals surface area contributed by atoms with Gasteiger partial charge in [0, 0.05) is 27.5 Å². The molecular formula is C27H19NS. The first-order valence-corrected chi connectivity index (χ1v) is 10.9. The van der Waals surface area contributed by atoms with E-state index in [4.69, 9.17) is 4.98 Å². The zero-order valence-corrected chi connectivity index (χ0v) is 16.7. The molecule has 0 aliphatic carbocycles. The molecule has 0 saturated heterocycles. The van der Waals surface area contributed by atoms with Crippen molar-refractivity contribution in [1.82, 2.24) is 4.98 Å². The highest BCUT2D eigenvalue weighted by atomic mass is 32.2. The summed E-state index contributed by atoms with van der Waals surface area (Å²) in [5, 5.41) is 4.29. The van der Waals surface area contributed by atoms with Crippen molar-refractivity contribution < 1.29 is 0 Å². The maximum atomic E-state index is 5.08. The van der Waals surface area contributed by atoms with Crippen LogP contribution in [-0.2, 0) is 6.42 Å². The molecule has 2 heterocycles. The topological polar surface area (TPSA) is 12.9 Å². The summed E-state index contributed by atoms with van der Waals surface area (Å²) in [7, 11) is 0. The average Bonchev–Trinajstić information content (AvgIpc) is 3.21. The van der Waals surface area contributed by atoms with Crippen LogP contribution >= 0.6 is 11.8 Å². The Morgan fingerprint density at radius 1 is 0.690 bits per heavy atom. The zero-order valence-electron chi connectivity index (χ0n) is 15.9. The van der Waals surface area contributed by atoms with Gasteiger partial charge in [0.1, 0.15) is 0 Å². The number of benzene rings is 4. The monoisotopic (exact) mass is 389 g/mol. The summed E-state index contributed by atoms with van der Waals surface area (Å²) in [6.45, 7) is 0. The van der Waals surface area contributed by atoms with Gasteiger partial charge in [-0.15, -0.1) is 11.8 Å². The quantitative estimate of drug-likeness (QED) is 0.311. The fourth-order valence-corrected chi connectivity index (χ4v) is 5.94. The Bertz CT molecular complexity index is 1350. The maximum Gasteiger partial charge on any atom is 0.0712 e. The molecule has 1 nitrogen and oxygen atoms in total. The lowest BCUT2D eigenvalue weighted by Gasteiger charge is -2.13. The molecule has 1 atom stereocenters. The zero-order chi connectivity index (χ0) is 19.2. The number of hydrogen-bond acceptors (Lipinski definition) is 2. The van der Waals surface area contributed by atoms with Crippen molar-refractivity contribution >= 4 is 33.4 Å². The molecule has 0 bridgehead atoms. The van der Waals surface area contributed by atoms with E-state index in [1.807, 2.05) is 11.8 Å². The van der Waals surface area contributed by atoms with Gasteiger partial charge >= 0.3 is 0 Å². The molecule has 1 aliphatic heterocycles. The van der Waals surface area contributed by atoms with Gasteiger partial charge in [0.15, 0.2) is 0 Å². The Balaban J connectivity index is 1.56. The summed E-state index contributed by atoms with van der Waals surface area (Å²) in [6, 6.07) is 34.7. The van der Waals surface area contributed by atoms with Crippen molar-refractivity contribution in [2.45, 2.75) is 16.6 Å². The molecule has 0 fully saturated rings. The van der Waals surface area contributed by atoms with E-state index in [1.54, 1.807) is 0 Å². The van der Waals surface area contributed by atoms with Crippen molar-refractivity contribution in [2.75, 3.05) is 0 Å². The Labute approximate surface area is 174 Å². The molecule has 2 heteroatoms. The molecular weight excluding hydrogens is 370 g/mol. The van der Waals surface area contributed by atoms with Crippen LogP contribution in [0.5, 0.6) is 0 Å². The van der Waals surface area contributed by atoms with E-state index in [0.717, 1.165) is 11.9 Å². The van der Waals surface area contributed by atoms with Crippen molar-refractivity contribution in [3.63, 3.8) is 0 Å². The van der Waals surface area contributed by atoms with Gasteiger partial charge in [-0.05, 0) is 28.0 Å². The van der Waals surface area contributed by atoms with E-state index in [1.165, 1.54) is 43.4 Å². The van der Waals surface area contributed by atoms with Crippen molar-refractivity contribution in [1.29, 1.82) is 0 Å². The van der Waals surface area contributed by atoms with E-state index in [9.17, 15) is 0 Å². The lowest BCUT2D eigenvalue weighted by atomic mass is 9.97. The molecule has 138 valence electrons. The molecule has 0 amide bonds. The van der Waals surface area contributed by atoms with Crippen LogP contribution in [-0.4, -0.2) is 4.98 Å². The Morgan fingerprint density at radius 3 is 2.31 bits per heavy atom. The molecule has 1 aromatic heterocycles. The van der Waals surface area contributed by atoms with Gasteiger partial charge < -0.3 is 0 Å². The summed E-state index contributed by atoms with van der Waals surface area (Å²) in [4.78, 5) is 6.42. The number of thioether (sulfide) groups is 1. The highest BCUT2D eigenvalue weighted by Gasteiger charge is 2.30. The second-order valence-corrected chi connectivity index (χ2v) is 8.74. The van der Waals surface area contributed by atoms with Crippen molar-refractivity contribution in [2.24, 2.45) is 0 Å². The number of nitrogens with zero attached hydrogens (tertiary/aromatic N) is 1. The lowest BCUT2D eigenvalue weighted by molar-refractivity contribution is 0.919. The predicted octanol–water partition coefficient (Wildman–Crippen LogP) is 7.44. The molecule has 5 aromatic rings. The minimum atomic E-state index is 0.392. The summed E-state index contributed by atoms with van der Waals surface area (Å²) >= 11 is 1.98. The fraction of sp³-hybridized carbons (Fsp3) is 0.0741. The number of para-hydroxylation sites is 1. The molecule has 0 N–H and O–H groups in total. The van der Waals surface area contributed by atoms with Gasteiger partial charge in [-0.1, -0.05) is 91.0 Å². The predicted molar refractivity (Wildman–Crippen MR) is 123 cm³/mol. The molecule has 1 unspecified atom stereocenters. The van der Waals surface area contributed by atoms with Gasteiger partial charge in [-0.25, -0.2) is 0 Å². The molecule has 29 heavy (non-hydrogen) atoms. The average molecular weight is 390 g/mol. The summed E-state index contributed by atoms with van der Waals surface area (Å²) in [5.74, 6) is 0. The summed E-state index contributed by atoms with van der Waals surface area (Å²) in [5.41, 5.74) is 6.33. The Kier molecular flexibility index (Phi) is 3.92. The van der Waals surface area contributed by atoms with E-state index < -0.39 is 0 Å². The molecule has 0 radical (unpaired) electrons. The minimum absolute atomic E-state index is 0.392. The molecule has 4 aromatic carbocycles. The minimum Gasteiger partial charge on any atom is -0.252 e. The van der Waals surface area contributed by atoms with E-state index >= 15 is 0 Å². The molecule has 0 saturated carbocycles. The van der Waals surface area contributed by atoms with E-state index in [2.05, 4.69) is 97.1 Å². The fourth-order valence-electron chi connectivity index (χ4n) is 4.47. The van der Waals surface area contributed by atoms with Crippen LogP contribution in [0.4, 0.5) is 0 Å². The normalized spacial score (nSPS) is 15.7. The summed E-state index contributed by atoms with van der Waals surface area (Å²) < 4.78 is 0. The van der Waals surface area contributed by atoms with Gasteiger partial charge in [-0.2, -0.15) is 0 Å². The SMILES string of the molecule is c1ccc(-c2c3c(nc4ccccc24)CC(c2cccc4ccccc24)S3)cc1. The first kappa shape index (κ1) is 16.8. The number of pyridine rings is 1. The van der Waals surface area contributed by atoms with Crippen LogP contribution in [0.15, 0.2) is 102 Å². The smallest absolute Gasteiger partial charge is 0.0712 e. The van der Waals surface area contributed by atoms with Gasteiger partial charge in [0.05, 0.1) is 11.2 Å². The third kappa shape index (κ3) is 2.75. The van der Waals surface area contributed by atoms with Gasteiger partial charge in [0.2, 0.25) is 0 Å². The first-order valence-electron chi connectivity index (χ1n) is 10.00. The van der Waals surface area contributed by atoms with Crippen LogP contribution < -0.4 is 0 Å². The lowest BCUT2D eigenvalue weighted by Crippen LogP contribution is -1.96. The highest BCUT2D eigenvalue weighted by molar-refractivity contribution is 8.00. The number of rotatable bonds is 2. The largest absolute Gasteiger partial charge is 0.252 e. The van der Waals surface area contributed by atoms with Gasteiger partial charge in [-0.3, -0.25) is 4.98 Å². The van der Waals surface area contributed by atoms with Crippen LogP contribution in [0, 0.1) is 0 Å². The van der Waals surface area contributed by atoms with Crippen LogP contribution in [0.3, 0.4) is 0 Å². The second kappa shape index (κ2) is 6.75. The molecule has 0 spiro atoms. The van der Waals surface area contributed by atoms with Crippen molar-refractivity contribution in [3.8, 4) is 11.1 Å². The third-order valence-electron chi connectivity index (χ3n) is 5.79. The molecule has 1 aliphatic rings. The van der Waals surface area contributed by atoms with Crippen LogP contribution in [0.2, 0.25) is 0 Å². The number of fused-ring (bicyclic) bond motifs is 3. The van der Waals surface area contributed by atoms with Gasteiger partial charge in [0.25, 0.3) is 0 Å². The van der Waals surface area contributed by atoms with Crippen LogP contribution in [0.25, 0.3) is 32.8 Å². The standard InChI is InChI=1S/C27H19NS/c1-2-10-19(11-3-1)26-22-14-6-7-16-23(22)28-24-17-25(29-27(24)26)21-15-8-12-18-9-4-5-13-20(18)21/h1-16,25H,17H2. The maximum absolute atomic E-state index is 5.08. The second-order valence-electron chi connectivity index (χ2n) is 7.52. The van der Waals surface area contributed by atoms with Crippen molar-refractivity contribution in [3.05, 3.63) is 108 Å². The van der Waals surface area contributed by atoms with Crippen LogP contribution in [0.1, 0.15) is 16.5 Å². The molecule has 6 rings (SSSR count). The number of hydrogen-bond donors (Lipinski definition) is 0.